The van der Waals surface area contributed by atoms with Gasteiger partial charge in [0.15, 0.2) is 0 Å². The van der Waals surface area contributed by atoms with Crippen molar-refractivity contribution in [3.8, 4) is 11.4 Å². The monoisotopic (exact) mass is 268 g/mol. The van der Waals surface area contributed by atoms with Crippen molar-refractivity contribution >= 4 is 0 Å². The fraction of sp³-hybridized carbons (Fsp3) is 0.231. The van der Waals surface area contributed by atoms with Crippen molar-refractivity contribution in [2.45, 2.75) is 19.5 Å². The molecular formula is C13H11F3N2O. The van der Waals surface area contributed by atoms with Crippen LogP contribution >= 0.6 is 0 Å². The van der Waals surface area contributed by atoms with E-state index >= 15 is 0 Å². The van der Waals surface area contributed by atoms with E-state index in [0.29, 0.717) is 12.1 Å². The van der Waals surface area contributed by atoms with Crippen LogP contribution in [0.3, 0.4) is 0 Å². The summed E-state index contributed by atoms with van der Waals surface area (Å²) in [6.07, 6.45) is -3.88. The molecule has 1 N–H and O–H groups in total. The van der Waals surface area contributed by atoms with Crippen molar-refractivity contribution in [3.63, 3.8) is 0 Å². The highest BCUT2D eigenvalue weighted by atomic mass is 19.4. The summed E-state index contributed by atoms with van der Waals surface area (Å²) < 4.78 is 37.8. The minimum atomic E-state index is -4.42. The molecule has 1 heterocycles. The molecule has 6 heteroatoms. The number of nitrogens with one attached hydrogen (secondary N) is 1. The lowest BCUT2D eigenvalue weighted by Crippen LogP contribution is -2.10. The first-order valence-electron chi connectivity index (χ1n) is 5.68. The van der Waals surface area contributed by atoms with Gasteiger partial charge in [0.2, 0.25) is 0 Å². The summed E-state index contributed by atoms with van der Waals surface area (Å²) in [5.41, 5.74) is -0.368. The topological polar surface area (TPSA) is 45.8 Å². The summed E-state index contributed by atoms with van der Waals surface area (Å²) in [5.74, 6) is 0.149. The molecule has 2 aromatic rings. The summed E-state index contributed by atoms with van der Waals surface area (Å²) >= 11 is 0. The van der Waals surface area contributed by atoms with Crippen LogP contribution in [0.5, 0.6) is 0 Å². The lowest BCUT2D eigenvalue weighted by molar-refractivity contribution is -0.137. The number of aryl methyl sites for hydroxylation is 1. The van der Waals surface area contributed by atoms with Gasteiger partial charge in [-0.05, 0) is 18.6 Å². The number of aromatic amines is 1. The third kappa shape index (κ3) is 3.01. The van der Waals surface area contributed by atoms with E-state index in [1.807, 2.05) is 6.92 Å². The molecule has 0 aliphatic carbocycles. The van der Waals surface area contributed by atoms with E-state index in [2.05, 4.69) is 9.97 Å². The summed E-state index contributed by atoms with van der Waals surface area (Å²) in [6, 6.07) is 6.05. The van der Waals surface area contributed by atoms with Gasteiger partial charge in [-0.3, -0.25) is 4.79 Å². The van der Waals surface area contributed by atoms with E-state index in [-0.39, 0.29) is 16.9 Å². The van der Waals surface area contributed by atoms with Gasteiger partial charge in [0.05, 0.1) is 5.56 Å². The van der Waals surface area contributed by atoms with Crippen LogP contribution in [0.25, 0.3) is 11.4 Å². The molecule has 2 rings (SSSR count). The second-order valence-corrected chi connectivity index (χ2v) is 4.02. The Morgan fingerprint density at radius 1 is 1.26 bits per heavy atom. The van der Waals surface area contributed by atoms with Gasteiger partial charge < -0.3 is 4.98 Å². The summed E-state index contributed by atoms with van der Waals surface area (Å²) in [5, 5.41) is 0. The van der Waals surface area contributed by atoms with E-state index < -0.39 is 11.7 Å². The molecule has 1 aromatic carbocycles. The quantitative estimate of drug-likeness (QED) is 0.910. The maximum atomic E-state index is 12.6. The van der Waals surface area contributed by atoms with Crippen LogP contribution in [0.4, 0.5) is 13.2 Å². The molecule has 1 aromatic heterocycles. The zero-order chi connectivity index (χ0) is 14.0. The fourth-order valence-electron chi connectivity index (χ4n) is 1.67. The molecule has 100 valence electrons. The number of hydrogen-bond acceptors (Lipinski definition) is 2. The third-order valence-electron chi connectivity index (χ3n) is 2.62. The maximum Gasteiger partial charge on any atom is 0.416 e. The van der Waals surface area contributed by atoms with Crippen molar-refractivity contribution < 1.29 is 13.2 Å². The SMILES string of the molecule is CCc1cc(=O)[nH]c(-c2cccc(C(F)(F)F)c2)n1. The highest BCUT2D eigenvalue weighted by Gasteiger charge is 2.30. The Bertz CT molecular complexity index is 647. The lowest BCUT2D eigenvalue weighted by atomic mass is 10.1. The van der Waals surface area contributed by atoms with Crippen molar-refractivity contribution in [1.29, 1.82) is 0 Å². The number of aromatic nitrogens is 2. The number of rotatable bonds is 2. The predicted octanol–water partition coefficient (Wildman–Crippen LogP) is 3.02. The predicted molar refractivity (Wildman–Crippen MR) is 64.7 cm³/mol. The summed E-state index contributed by atoms with van der Waals surface area (Å²) in [6.45, 7) is 1.82. The first kappa shape index (κ1) is 13.3. The van der Waals surface area contributed by atoms with Crippen LogP contribution in [0, 0.1) is 0 Å². The lowest BCUT2D eigenvalue weighted by Gasteiger charge is -2.08. The van der Waals surface area contributed by atoms with Crippen molar-refractivity contribution in [2.24, 2.45) is 0 Å². The molecule has 0 aliphatic rings. The van der Waals surface area contributed by atoms with Crippen molar-refractivity contribution in [2.75, 3.05) is 0 Å². The third-order valence-corrected chi connectivity index (χ3v) is 2.62. The van der Waals surface area contributed by atoms with Gasteiger partial charge in [-0.1, -0.05) is 19.1 Å². The number of hydrogen-bond donors (Lipinski definition) is 1. The normalized spacial score (nSPS) is 11.6. The van der Waals surface area contributed by atoms with Crippen molar-refractivity contribution in [3.05, 3.63) is 51.9 Å². The number of H-pyrrole nitrogens is 1. The number of nitrogens with zero attached hydrogens (tertiary/aromatic N) is 1. The molecule has 0 bridgehead atoms. The Labute approximate surface area is 107 Å². The Hall–Kier alpha value is -2.11. The average molecular weight is 268 g/mol. The van der Waals surface area contributed by atoms with Gasteiger partial charge in [0, 0.05) is 17.3 Å². The van der Waals surface area contributed by atoms with Crippen LogP contribution in [0.15, 0.2) is 35.1 Å². The van der Waals surface area contributed by atoms with Crippen molar-refractivity contribution in [1.82, 2.24) is 9.97 Å². The highest BCUT2D eigenvalue weighted by Crippen LogP contribution is 2.31. The van der Waals surface area contributed by atoms with Gasteiger partial charge in [-0.2, -0.15) is 13.2 Å². The summed E-state index contributed by atoms with van der Waals surface area (Å²) in [4.78, 5) is 18.0. The standard InChI is InChI=1S/C13H11F3N2O/c1-2-10-7-11(19)18-12(17-10)8-4-3-5-9(6-8)13(14,15)16/h3-7H,2H2,1H3,(H,17,18,19). The maximum absolute atomic E-state index is 12.6. The first-order valence-corrected chi connectivity index (χ1v) is 5.68. The van der Waals surface area contributed by atoms with Crippen LogP contribution in [0.1, 0.15) is 18.2 Å². The minimum absolute atomic E-state index is 0.149. The molecule has 19 heavy (non-hydrogen) atoms. The van der Waals surface area contributed by atoms with Gasteiger partial charge >= 0.3 is 6.18 Å². The first-order chi connectivity index (χ1) is 8.90. The second-order valence-electron chi connectivity index (χ2n) is 4.02. The van der Waals surface area contributed by atoms with Crippen LogP contribution in [-0.2, 0) is 12.6 Å². The Kier molecular flexibility index (Phi) is 3.42. The largest absolute Gasteiger partial charge is 0.416 e. The Morgan fingerprint density at radius 2 is 2.00 bits per heavy atom. The molecule has 3 nitrogen and oxygen atoms in total. The zero-order valence-electron chi connectivity index (χ0n) is 10.1. The Morgan fingerprint density at radius 3 is 2.63 bits per heavy atom. The van der Waals surface area contributed by atoms with E-state index in [9.17, 15) is 18.0 Å². The molecule has 0 amide bonds. The van der Waals surface area contributed by atoms with E-state index in [1.54, 1.807) is 0 Å². The molecule has 0 unspecified atom stereocenters. The molecule has 0 radical (unpaired) electrons. The zero-order valence-corrected chi connectivity index (χ0v) is 10.1. The van der Waals surface area contributed by atoms with E-state index in [1.165, 1.54) is 18.2 Å². The fourth-order valence-corrected chi connectivity index (χ4v) is 1.67. The molecule has 0 saturated carbocycles. The van der Waals surface area contributed by atoms with Gasteiger partial charge in [0.1, 0.15) is 5.82 Å². The second kappa shape index (κ2) is 4.87. The van der Waals surface area contributed by atoms with E-state index in [0.717, 1.165) is 12.1 Å². The molecule has 0 spiro atoms. The minimum Gasteiger partial charge on any atom is -0.307 e. The van der Waals surface area contributed by atoms with Crippen LogP contribution < -0.4 is 5.56 Å². The molecule has 0 aliphatic heterocycles. The Balaban J connectivity index is 2.53. The van der Waals surface area contributed by atoms with E-state index in [4.69, 9.17) is 0 Å². The highest BCUT2D eigenvalue weighted by molar-refractivity contribution is 5.56. The van der Waals surface area contributed by atoms with Gasteiger partial charge in [-0.15, -0.1) is 0 Å². The van der Waals surface area contributed by atoms with Gasteiger partial charge in [-0.25, -0.2) is 4.98 Å². The smallest absolute Gasteiger partial charge is 0.307 e. The molecular weight excluding hydrogens is 257 g/mol. The van der Waals surface area contributed by atoms with Crippen LogP contribution in [-0.4, -0.2) is 9.97 Å². The molecule has 0 atom stereocenters. The molecule has 0 fully saturated rings. The number of benzene rings is 1. The average Bonchev–Trinajstić information content (AvgIpc) is 2.37. The number of alkyl halides is 3. The summed E-state index contributed by atoms with van der Waals surface area (Å²) in [7, 11) is 0. The van der Waals surface area contributed by atoms with Gasteiger partial charge in [0.25, 0.3) is 5.56 Å². The molecule has 0 saturated heterocycles. The number of halogens is 3. The van der Waals surface area contributed by atoms with Crippen LogP contribution in [0.2, 0.25) is 0 Å².